The molecule has 0 aliphatic rings. The molecule has 0 aliphatic carbocycles. The number of hydrogen-bond acceptors (Lipinski definition) is 0. The largest absolute Gasteiger partial charge is 0.0720 e. The molecule has 0 saturated carbocycles. The van der Waals surface area contributed by atoms with Gasteiger partial charge in [-0.25, -0.2) is 0 Å². The molecular formula is C22H20. The second kappa shape index (κ2) is 6.91. The summed E-state index contributed by atoms with van der Waals surface area (Å²) in [5.41, 5.74) is 5.25. The van der Waals surface area contributed by atoms with E-state index in [-0.39, 0.29) is 5.92 Å². The van der Waals surface area contributed by atoms with E-state index < -0.39 is 0 Å². The van der Waals surface area contributed by atoms with E-state index in [1.54, 1.807) is 0 Å². The predicted molar refractivity (Wildman–Crippen MR) is 94.9 cm³/mol. The first-order valence-corrected chi connectivity index (χ1v) is 7.68. The third-order valence-corrected chi connectivity index (χ3v) is 3.96. The van der Waals surface area contributed by atoms with Gasteiger partial charge < -0.3 is 0 Å². The van der Waals surface area contributed by atoms with Gasteiger partial charge >= 0.3 is 0 Å². The second-order valence-corrected chi connectivity index (χ2v) is 5.51. The normalized spacial score (nSPS) is 12.4. The minimum Gasteiger partial charge on any atom is -0.0720 e. The SMILES string of the molecule is Cc1ccccc1[C@@H](/C=C/c1ccccc1)c1ccccc1. The van der Waals surface area contributed by atoms with Crippen molar-refractivity contribution in [2.75, 3.05) is 0 Å². The van der Waals surface area contributed by atoms with Gasteiger partial charge in [0.25, 0.3) is 0 Å². The summed E-state index contributed by atoms with van der Waals surface area (Å²) >= 11 is 0. The van der Waals surface area contributed by atoms with E-state index in [0.717, 1.165) is 0 Å². The summed E-state index contributed by atoms with van der Waals surface area (Å²) in [5, 5.41) is 0. The van der Waals surface area contributed by atoms with Crippen molar-refractivity contribution in [1.29, 1.82) is 0 Å². The van der Waals surface area contributed by atoms with Crippen molar-refractivity contribution in [2.24, 2.45) is 0 Å². The van der Waals surface area contributed by atoms with E-state index in [1.165, 1.54) is 22.3 Å². The lowest BCUT2D eigenvalue weighted by Gasteiger charge is -2.16. The van der Waals surface area contributed by atoms with Crippen LogP contribution in [0.1, 0.15) is 28.2 Å². The van der Waals surface area contributed by atoms with Crippen LogP contribution in [-0.2, 0) is 0 Å². The molecule has 0 bridgehead atoms. The van der Waals surface area contributed by atoms with Gasteiger partial charge in [0.05, 0.1) is 0 Å². The Morgan fingerprint density at radius 3 is 1.95 bits per heavy atom. The van der Waals surface area contributed by atoms with Gasteiger partial charge in [-0.15, -0.1) is 0 Å². The van der Waals surface area contributed by atoms with Crippen LogP contribution in [0.5, 0.6) is 0 Å². The molecule has 0 saturated heterocycles. The molecule has 0 radical (unpaired) electrons. The van der Waals surface area contributed by atoms with Crippen LogP contribution < -0.4 is 0 Å². The van der Waals surface area contributed by atoms with Crippen molar-refractivity contribution in [3.63, 3.8) is 0 Å². The van der Waals surface area contributed by atoms with Gasteiger partial charge in [-0.2, -0.15) is 0 Å². The van der Waals surface area contributed by atoms with Crippen molar-refractivity contribution in [1.82, 2.24) is 0 Å². The molecule has 3 aromatic carbocycles. The highest BCUT2D eigenvalue weighted by atomic mass is 14.2. The number of benzene rings is 3. The molecule has 1 atom stereocenters. The Labute approximate surface area is 132 Å². The van der Waals surface area contributed by atoms with E-state index in [1.807, 2.05) is 6.07 Å². The van der Waals surface area contributed by atoms with Gasteiger partial charge in [0, 0.05) is 5.92 Å². The highest BCUT2D eigenvalue weighted by Gasteiger charge is 2.12. The van der Waals surface area contributed by atoms with E-state index in [0.29, 0.717) is 0 Å². The molecule has 0 spiro atoms. The smallest absolute Gasteiger partial charge is 0.0275 e. The standard InChI is InChI=1S/C22H20/c1-18-10-8-9-15-21(18)22(20-13-6-3-7-14-20)17-16-19-11-4-2-5-12-19/h2-17,22H,1H3/b17-16+/t22-/m0/s1. The lowest BCUT2D eigenvalue weighted by atomic mass is 9.88. The first-order valence-electron chi connectivity index (χ1n) is 7.68. The maximum Gasteiger partial charge on any atom is 0.0275 e. The minimum absolute atomic E-state index is 0.280. The van der Waals surface area contributed by atoms with E-state index >= 15 is 0 Å². The first kappa shape index (κ1) is 14.3. The molecule has 0 heterocycles. The Morgan fingerprint density at radius 2 is 1.27 bits per heavy atom. The van der Waals surface area contributed by atoms with E-state index in [4.69, 9.17) is 0 Å². The number of hydrogen-bond donors (Lipinski definition) is 0. The molecule has 22 heavy (non-hydrogen) atoms. The van der Waals surface area contributed by atoms with E-state index in [2.05, 4.69) is 97.9 Å². The predicted octanol–water partition coefficient (Wildman–Crippen LogP) is 5.84. The van der Waals surface area contributed by atoms with Crippen LogP contribution in [0, 0.1) is 6.92 Å². The van der Waals surface area contributed by atoms with Gasteiger partial charge in [-0.05, 0) is 29.2 Å². The Hall–Kier alpha value is -2.60. The summed E-state index contributed by atoms with van der Waals surface area (Å²) in [6.45, 7) is 2.18. The van der Waals surface area contributed by atoms with Crippen molar-refractivity contribution >= 4 is 6.08 Å². The zero-order valence-corrected chi connectivity index (χ0v) is 12.8. The fourth-order valence-electron chi connectivity index (χ4n) is 2.76. The van der Waals surface area contributed by atoms with Gasteiger partial charge in [-0.1, -0.05) is 97.1 Å². The van der Waals surface area contributed by atoms with Crippen molar-refractivity contribution in [3.8, 4) is 0 Å². The molecule has 3 aromatic rings. The molecule has 0 fully saturated rings. The topological polar surface area (TPSA) is 0 Å². The molecule has 0 aromatic heterocycles. The molecule has 0 unspecified atom stereocenters. The Balaban J connectivity index is 2.01. The molecule has 0 nitrogen and oxygen atoms in total. The van der Waals surface area contributed by atoms with E-state index in [9.17, 15) is 0 Å². The second-order valence-electron chi connectivity index (χ2n) is 5.51. The summed E-state index contributed by atoms with van der Waals surface area (Å²) in [6, 6.07) is 29.8. The van der Waals surface area contributed by atoms with Crippen LogP contribution in [0.2, 0.25) is 0 Å². The van der Waals surface area contributed by atoms with Gasteiger partial charge in [0.1, 0.15) is 0 Å². The lowest BCUT2D eigenvalue weighted by molar-refractivity contribution is 1.01. The summed E-state index contributed by atoms with van der Waals surface area (Å²) in [7, 11) is 0. The van der Waals surface area contributed by atoms with Crippen LogP contribution in [0.3, 0.4) is 0 Å². The van der Waals surface area contributed by atoms with Crippen LogP contribution in [0.15, 0.2) is 91.0 Å². The monoisotopic (exact) mass is 284 g/mol. The van der Waals surface area contributed by atoms with Crippen LogP contribution in [0.25, 0.3) is 6.08 Å². The minimum atomic E-state index is 0.280. The zero-order chi connectivity index (χ0) is 15.2. The van der Waals surface area contributed by atoms with Gasteiger partial charge in [-0.3, -0.25) is 0 Å². The van der Waals surface area contributed by atoms with Gasteiger partial charge in [0.15, 0.2) is 0 Å². The Kier molecular flexibility index (Phi) is 4.50. The highest BCUT2D eigenvalue weighted by molar-refractivity contribution is 5.53. The maximum absolute atomic E-state index is 2.30. The van der Waals surface area contributed by atoms with Crippen LogP contribution in [0.4, 0.5) is 0 Å². The van der Waals surface area contributed by atoms with Gasteiger partial charge in [0.2, 0.25) is 0 Å². The molecule has 0 N–H and O–H groups in total. The molecule has 0 aliphatic heterocycles. The van der Waals surface area contributed by atoms with Crippen molar-refractivity contribution < 1.29 is 0 Å². The molecule has 0 heteroatoms. The Bertz CT molecular complexity index is 739. The molecule has 108 valence electrons. The molecular weight excluding hydrogens is 264 g/mol. The number of rotatable bonds is 4. The zero-order valence-electron chi connectivity index (χ0n) is 12.8. The average molecular weight is 284 g/mol. The number of aryl methyl sites for hydroxylation is 1. The number of allylic oxidation sites excluding steroid dienone is 1. The van der Waals surface area contributed by atoms with Crippen LogP contribution >= 0.6 is 0 Å². The fraction of sp³-hybridized carbons (Fsp3) is 0.0909. The first-order chi connectivity index (χ1) is 10.8. The summed E-state index contributed by atoms with van der Waals surface area (Å²) in [6.07, 6.45) is 4.51. The summed E-state index contributed by atoms with van der Waals surface area (Å²) < 4.78 is 0. The summed E-state index contributed by atoms with van der Waals surface area (Å²) in [5.74, 6) is 0.280. The molecule has 0 amide bonds. The quantitative estimate of drug-likeness (QED) is 0.564. The fourth-order valence-corrected chi connectivity index (χ4v) is 2.76. The van der Waals surface area contributed by atoms with Crippen molar-refractivity contribution in [2.45, 2.75) is 12.8 Å². The molecule has 3 rings (SSSR count). The Morgan fingerprint density at radius 1 is 0.682 bits per heavy atom. The maximum atomic E-state index is 2.30. The van der Waals surface area contributed by atoms with Crippen LogP contribution in [-0.4, -0.2) is 0 Å². The average Bonchev–Trinajstić information content (AvgIpc) is 2.58. The van der Waals surface area contributed by atoms with Crippen molar-refractivity contribution in [3.05, 3.63) is 113 Å². The highest BCUT2D eigenvalue weighted by Crippen LogP contribution is 2.29. The lowest BCUT2D eigenvalue weighted by Crippen LogP contribution is -2.00. The third-order valence-electron chi connectivity index (χ3n) is 3.96. The summed E-state index contributed by atoms with van der Waals surface area (Å²) in [4.78, 5) is 0. The third kappa shape index (κ3) is 3.35.